The van der Waals surface area contributed by atoms with E-state index in [0.29, 0.717) is 5.92 Å². The largest absolute Gasteiger partial charge is 0.295 e. The van der Waals surface area contributed by atoms with Gasteiger partial charge < -0.3 is 0 Å². The second-order valence-corrected chi connectivity index (χ2v) is 9.89. The van der Waals surface area contributed by atoms with Crippen LogP contribution in [0.15, 0.2) is 66.7 Å². The zero-order chi connectivity index (χ0) is 23.6. The van der Waals surface area contributed by atoms with Gasteiger partial charge in [-0.3, -0.25) is 0 Å². The van der Waals surface area contributed by atoms with Crippen molar-refractivity contribution >= 4 is 0 Å². The number of hydrogen-bond donors (Lipinski definition) is 0. The quantitative estimate of drug-likeness (QED) is 0.297. The SMILES string of the molecule is [2H]C1(C2CCCC2)c2ccccc2-c2c(C)n(-c3ccccc3C)c(-c3c(C)cccc3C)[n+]21. The minimum atomic E-state index is -0.800. The molecule has 1 aliphatic heterocycles. The molecule has 0 radical (unpaired) electrons. The van der Waals surface area contributed by atoms with Gasteiger partial charge in [0.25, 0.3) is 5.82 Å². The summed E-state index contributed by atoms with van der Waals surface area (Å²) in [7, 11) is 0. The lowest BCUT2D eigenvalue weighted by atomic mass is 9.90. The van der Waals surface area contributed by atoms with Crippen LogP contribution in [0, 0.1) is 33.6 Å². The molecule has 2 heteroatoms. The summed E-state index contributed by atoms with van der Waals surface area (Å²) in [5.41, 5.74) is 11.0. The number of fused-ring (bicyclic) bond motifs is 3. The maximum Gasteiger partial charge on any atom is 0.295 e. The lowest BCUT2D eigenvalue weighted by Crippen LogP contribution is -2.43. The lowest BCUT2D eigenvalue weighted by Gasteiger charge is -2.21. The Morgan fingerprint density at radius 1 is 0.788 bits per heavy atom. The highest BCUT2D eigenvalue weighted by molar-refractivity contribution is 5.74. The fourth-order valence-electron chi connectivity index (χ4n) is 6.32. The number of imidazole rings is 1. The minimum absolute atomic E-state index is 0.315. The molecular formula is C31H33N2+. The van der Waals surface area contributed by atoms with Crippen LogP contribution in [0.5, 0.6) is 0 Å². The van der Waals surface area contributed by atoms with Crippen molar-refractivity contribution in [3.05, 3.63) is 94.7 Å². The van der Waals surface area contributed by atoms with Gasteiger partial charge in [-0.25, -0.2) is 4.57 Å². The van der Waals surface area contributed by atoms with Gasteiger partial charge in [-0.05, 0) is 56.4 Å². The monoisotopic (exact) mass is 434 g/mol. The van der Waals surface area contributed by atoms with E-state index in [2.05, 4.69) is 104 Å². The van der Waals surface area contributed by atoms with Crippen LogP contribution in [0.25, 0.3) is 28.3 Å². The topological polar surface area (TPSA) is 8.81 Å². The normalized spacial score (nSPS) is 20.1. The van der Waals surface area contributed by atoms with E-state index < -0.39 is 6.02 Å². The first-order chi connectivity index (χ1) is 16.4. The summed E-state index contributed by atoms with van der Waals surface area (Å²) in [6.07, 6.45) is 4.68. The molecule has 3 aromatic carbocycles. The number of aromatic nitrogens is 2. The first-order valence-electron chi connectivity index (χ1n) is 12.8. The van der Waals surface area contributed by atoms with E-state index in [1.807, 2.05) is 0 Å². The highest BCUT2D eigenvalue weighted by Gasteiger charge is 2.46. The Labute approximate surface area is 198 Å². The first kappa shape index (κ1) is 19.3. The fraction of sp³-hybridized carbons (Fsp3) is 0.323. The van der Waals surface area contributed by atoms with E-state index in [1.54, 1.807) is 0 Å². The highest BCUT2D eigenvalue weighted by atomic mass is 15.2. The Bertz CT molecular complexity index is 1400. The fourth-order valence-corrected chi connectivity index (χ4v) is 6.32. The van der Waals surface area contributed by atoms with Gasteiger partial charge in [-0.15, -0.1) is 0 Å². The van der Waals surface area contributed by atoms with Gasteiger partial charge in [0.2, 0.25) is 0 Å². The van der Waals surface area contributed by atoms with Gasteiger partial charge in [-0.1, -0.05) is 73.5 Å². The summed E-state index contributed by atoms with van der Waals surface area (Å²) in [6.45, 7) is 8.86. The van der Waals surface area contributed by atoms with E-state index in [1.165, 1.54) is 63.3 Å². The molecule has 33 heavy (non-hydrogen) atoms. The van der Waals surface area contributed by atoms with Crippen LogP contribution in [0.4, 0.5) is 0 Å². The van der Waals surface area contributed by atoms with E-state index in [0.717, 1.165) is 18.7 Å². The molecule has 1 aliphatic carbocycles. The molecule has 0 saturated heterocycles. The molecular weight excluding hydrogens is 400 g/mol. The third kappa shape index (κ3) is 2.96. The molecule has 1 aromatic heterocycles. The molecule has 6 rings (SSSR count). The highest BCUT2D eigenvalue weighted by Crippen LogP contribution is 2.47. The Kier molecular flexibility index (Phi) is 4.53. The summed E-state index contributed by atoms with van der Waals surface area (Å²) >= 11 is 0. The molecule has 0 amide bonds. The van der Waals surface area contributed by atoms with Crippen LogP contribution in [-0.4, -0.2) is 4.57 Å². The molecule has 2 nitrogen and oxygen atoms in total. The second-order valence-electron chi connectivity index (χ2n) is 9.89. The number of rotatable bonds is 3. The summed E-state index contributed by atoms with van der Waals surface area (Å²) in [5.74, 6) is 1.46. The predicted octanol–water partition coefficient (Wildman–Crippen LogP) is 7.43. The van der Waals surface area contributed by atoms with Crippen molar-refractivity contribution in [1.29, 1.82) is 0 Å². The Morgan fingerprint density at radius 2 is 1.42 bits per heavy atom. The average molecular weight is 435 g/mol. The number of para-hydroxylation sites is 1. The van der Waals surface area contributed by atoms with Crippen LogP contribution in [0.3, 0.4) is 0 Å². The zero-order valence-electron chi connectivity index (χ0n) is 21.2. The third-order valence-electron chi connectivity index (χ3n) is 7.83. The van der Waals surface area contributed by atoms with Crippen LogP contribution < -0.4 is 4.57 Å². The van der Waals surface area contributed by atoms with Crippen molar-refractivity contribution in [2.45, 2.75) is 59.4 Å². The molecule has 4 aromatic rings. The minimum Gasteiger partial charge on any atom is -0.215 e. The van der Waals surface area contributed by atoms with Crippen LogP contribution >= 0.6 is 0 Å². The van der Waals surface area contributed by atoms with Crippen LogP contribution in [0.1, 0.15) is 61.0 Å². The molecule has 1 saturated carbocycles. The molecule has 0 bridgehead atoms. The number of nitrogens with zero attached hydrogens (tertiary/aromatic N) is 2. The van der Waals surface area contributed by atoms with Gasteiger partial charge in [0, 0.05) is 24.0 Å². The maximum atomic E-state index is 10.2. The lowest BCUT2D eigenvalue weighted by molar-refractivity contribution is -0.694. The van der Waals surface area contributed by atoms with Gasteiger partial charge in [0.1, 0.15) is 11.7 Å². The van der Waals surface area contributed by atoms with E-state index in [4.69, 9.17) is 0 Å². The number of benzene rings is 3. The maximum absolute atomic E-state index is 10.2. The van der Waals surface area contributed by atoms with Crippen molar-refractivity contribution in [1.82, 2.24) is 4.57 Å². The molecule has 1 atom stereocenters. The standard InChI is InChI=1S/C31H33N2/c1-20-12-5-10-19-27(20)32-23(4)29-25-17-8-9-18-26(25)30(24-15-6-7-16-24)33(29)31(32)28-21(2)13-11-14-22(28)3/h5,8-14,17-19,24,30H,6-7,15-16H2,1-4H3/q+1/i30D. The Morgan fingerprint density at radius 3 is 2.15 bits per heavy atom. The predicted molar refractivity (Wildman–Crippen MR) is 136 cm³/mol. The van der Waals surface area contributed by atoms with Crippen molar-refractivity contribution in [3.8, 4) is 28.3 Å². The summed E-state index contributed by atoms with van der Waals surface area (Å²) < 4.78 is 15.1. The van der Waals surface area contributed by atoms with Gasteiger partial charge in [0.15, 0.2) is 11.4 Å². The smallest absolute Gasteiger partial charge is 0.215 e. The summed E-state index contributed by atoms with van der Waals surface area (Å²) in [4.78, 5) is 0. The van der Waals surface area contributed by atoms with Gasteiger partial charge in [0.05, 0.1) is 6.93 Å². The summed E-state index contributed by atoms with van der Waals surface area (Å²) in [5, 5.41) is 0. The molecule has 1 fully saturated rings. The Hall–Kier alpha value is -3.13. The van der Waals surface area contributed by atoms with Crippen LogP contribution in [-0.2, 0) is 0 Å². The molecule has 2 heterocycles. The van der Waals surface area contributed by atoms with Crippen molar-refractivity contribution in [2.75, 3.05) is 0 Å². The van der Waals surface area contributed by atoms with E-state index in [-0.39, 0.29) is 0 Å². The second kappa shape index (κ2) is 7.73. The van der Waals surface area contributed by atoms with Crippen molar-refractivity contribution < 1.29 is 5.94 Å². The number of hydrogen-bond acceptors (Lipinski definition) is 0. The van der Waals surface area contributed by atoms with Crippen LogP contribution in [0.2, 0.25) is 0 Å². The molecule has 0 N–H and O–H groups in total. The average Bonchev–Trinajstić information content (AvgIpc) is 3.52. The zero-order valence-corrected chi connectivity index (χ0v) is 20.2. The van der Waals surface area contributed by atoms with E-state index >= 15 is 0 Å². The summed E-state index contributed by atoms with van der Waals surface area (Å²) in [6, 6.07) is 23.1. The van der Waals surface area contributed by atoms with Gasteiger partial charge >= 0.3 is 0 Å². The molecule has 0 spiro atoms. The molecule has 2 aliphatic rings. The van der Waals surface area contributed by atoms with E-state index in [9.17, 15) is 1.37 Å². The van der Waals surface area contributed by atoms with Gasteiger partial charge in [-0.2, -0.15) is 4.57 Å². The Balaban J connectivity index is 1.81. The third-order valence-corrected chi connectivity index (χ3v) is 7.83. The molecule has 1 unspecified atom stereocenters. The first-order valence-corrected chi connectivity index (χ1v) is 12.3. The molecule has 166 valence electrons. The van der Waals surface area contributed by atoms with Crippen molar-refractivity contribution in [2.24, 2.45) is 5.92 Å². The van der Waals surface area contributed by atoms with Crippen molar-refractivity contribution in [3.63, 3.8) is 0 Å². The number of aryl methyl sites for hydroxylation is 3.